The molecule has 1 unspecified atom stereocenters. The zero-order chi connectivity index (χ0) is 12.4. The maximum atomic E-state index is 3.85. The van der Waals surface area contributed by atoms with Crippen molar-refractivity contribution >= 4 is 39.0 Å². The Morgan fingerprint density at radius 2 is 2.06 bits per heavy atom. The monoisotopic (exact) mass is 338 g/mol. The molecule has 1 aromatic carbocycles. The first-order chi connectivity index (χ1) is 8.83. The first-order valence-corrected chi connectivity index (χ1v) is 9.09. The Balaban J connectivity index is 1.76. The number of thioether (sulfide) groups is 1. The lowest BCUT2D eigenvalue weighted by Gasteiger charge is -2.08. The minimum atomic E-state index is 0.459. The van der Waals surface area contributed by atoms with E-state index >= 15 is 0 Å². The normalized spacial score (nSPS) is 16.3. The highest BCUT2D eigenvalue weighted by molar-refractivity contribution is 9.09. The molecule has 0 saturated heterocycles. The Labute approximate surface area is 125 Å². The number of hydrogen-bond donors (Lipinski definition) is 0. The van der Waals surface area contributed by atoms with Crippen LogP contribution in [0.2, 0.25) is 0 Å². The van der Waals surface area contributed by atoms with Crippen LogP contribution in [-0.2, 0) is 18.6 Å². The zero-order valence-corrected chi connectivity index (χ0v) is 13.3. The fourth-order valence-corrected chi connectivity index (χ4v) is 5.39. The molecule has 2 heterocycles. The molecule has 1 aromatic heterocycles. The molecule has 0 N–H and O–H groups in total. The van der Waals surface area contributed by atoms with E-state index in [2.05, 4.69) is 64.1 Å². The van der Waals surface area contributed by atoms with E-state index in [-0.39, 0.29) is 0 Å². The van der Waals surface area contributed by atoms with Gasteiger partial charge < -0.3 is 0 Å². The van der Waals surface area contributed by atoms with Crippen molar-refractivity contribution in [1.82, 2.24) is 0 Å². The van der Waals surface area contributed by atoms with Gasteiger partial charge in [-0.3, -0.25) is 0 Å². The van der Waals surface area contributed by atoms with Crippen LogP contribution in [0, 0.1) is 0 Å². The maximum Gasteiger partial charge on any atom is 0.0529 e. The van der Waals surface area contributed by atoms with Crippen molar-refractivity contribution in [3.63, 3.8) is 0 Å². The van der Waals surface area contributed by atoms with Gasteiger partial charge in [0.05, 0.1) is 4.83 Å². The number of fused-ring (bicyclic) bond motifs is 1. The topological polar surface area (TPSA) is 0 Å². The summed E-state index contributed by atoms with van der Waals surface area (Å²) in [6, 6.07) is 13.1. The number of alkyl halides is 1. The van der Waals surface area contributed by atoms with Crippen molar-refractivity contribution in [1.29, 1.82) is 0 Å². The molecule has 1 aliphatic rings. The third kappa shape index (κ3) is 2.84. The third-order valence-electron chi connectivity index (χ3n) is 3.21. The van der Waals surface area contributed by atoms with E-state index in [9.17, 15) is 0 Å². The van der Waals surface area contributed by atoms with Gasteiger partial charge in [0.15, 0.2) is 0 Å². The molecule has 3 heteroatoms. The van der Waals surface area contributed by atoms with Gasteiger partial charge in [-0.1, -0.05) is 46.3 Å². The molecule has 1 aliphatic heterocycles. The maximum absolute atomic E-state index is 3.85. The fourth-order valence-electron chi connectivity index (χ4n) is 2.25. The van der Waals surface area contributed by atoms with E-state index in [1.54, 1.807) is 10.4 Å². The standard InChI is InChI=1S/C15H15BrS2/c16-13(8-11-4-2-1-3-5-11)15-9-12-10-17-7-6-14(12)18-15/h1-5,9,13H,6-8,10H2. The van der Waals surface area contributed by atoms with E-state index in [1.165, 1.54) is 28.4 Å². The molecule has 0 radical (unpaired) electrons. The van der Waals surface area contributed by atoms with Gasteiger partial charge in [-0.25, -0.2) is 0 Å². The van der Waals surface area contributed by atoms with Gasteiger partial charge in [0, 0.05) is 15.5 Å². The van der Waals surface area contributed by atoms with Crippen molar-refractivity contribution in [2.75, 3.05) is 5.75 Å². The van der Waals surface area contributed by atoms with E-state index in [1.807, 2.05) is 11.3 Å². The van der Waals surface area contributed by atoms with Crippen molar-refractivity contribution in [3.05, 3.63) is 57.3 Å². The average molecular weight is 339 g/mol. The van der Waals surface area contributed by atoms with E-state index < -0.39 is 0 Å². The van der Waals surface area contributed by atoms with Crippen LogP contribution in [0.3, 0.4) is 0 Å². The van der Waals surface area contributed by atoms with E-state index in [0.717, 1.165) is 6.42 Å². The molecular weight excluding hydrogens is 324 g/mol. The van der Waals surface area contributed by atoms with Crippen LogP contribution in [0.4, 0.5) is 0 Å². The molecule has 0 amide bonds. The number of halogens is 1. The predicted molar refractivity (Wildman–Crippen MR) is 86.0 cm³/mol. The van der Waals surface area contributed by atoms with Crippen LogP contribution in [0.15, 0.2) is 36.4 Å². The summed E-state index contributed by atoms with van der Waals surface area (Å²) in [7, 11) is 0. The molecule has 3 rings (SSSR count). The largest absolute Gasteiger partial charge is 0.157 e. The smallest absolute Gasteiger partial charge is 0.0529 e. The third-order valence-corrected chi connectivity index (χ3v) is 6.69. The van der Waals surface area contributed by atoms with Gasteiger partial charge in [0.25, 0.3) is 0 Å². The first-order valence-electron chi connectivity index (χ1n) is 6.20. The lowest BCUT2D eigenvalue weighted by Crippen LogP contribution is -1.96. The molecule has 0 fully saturated rings. The fraction of sp³-hybridized carbons (Fsp3) is 0.333. The van der Waals surface area contributed by atoms with Crippen molar-refractivity contribution in [2.45, 2.75) is 23.4 Å². The molecule has 0 aliphatic carbocycles. The molecule has 0 spiro atoms. The number of benzene rings is 1. The molecule has 18 heavy (non-hydrogen) atoms. The van der Waals surface area contributed by atoms with Crippen molar-refractivity contribution in [2.24, 2.45) is 0 Å². The molecule has 2 aromatic rings. The molecular formula is C15H15BrS2. The summed E-state index contributed by atoms with van der Waals surface area (Å²) in [6.45, 7) is 0. The summed E-state index contributed by atoms with van der Waals surface area (Å²) in [5, 5.41) is 0. The Bertz CT molecular complexity index is 495. The zero-order valence-electron chi connectivity index (χ0n) is 10.1. The van der Waals surface area contributed by atoms with Crippen molar-refractivity contribution in [3.8, 4) is 0 Å². The summed E-state index contributed by atoms with van der Waals surface area (Å²) in [4.78, 5) is 3.56. The van der Waals surface area contributed by atoms with Gasteiger partial charge in [0.2, 0.25) is 0 Å². The summed E-state index contributed by atoms with van der Waals surface area (Å²) < 4.78 is 0. The predicted octanol–water partition coefficient (Wildman–Crippen LogP) is 5.22. The molecule has 1 atom stereocenters. The van der Waals surface area contributed by atoms with Crippen molar-refractivity contribution < 1.29 is 0 Å². The minimum absolute atomic E-state index is 0.459. The Hall–Kier alpha value is -0.250. The van der Waals surface area contributed by atoms with Gasteiger partial charge in [-0.15, -0.1) is 11.3 Å². The lowest BCUT2D eigenvalue weighted by atomic mass is 10.1. The highest BCUT2D eigenvalue weighted by Crippen LogP contribution is 2.38. The van der Waals surface area contributed by atoms with E-state index in [0.29, 0.717) is 4.83 Å². The summed E-state index contributed by atoms with van der Waals surface area (Å²) in [6.07, 6.45) is 2.34. The Morgan fingerprint density at radius 3 is 2.83 bits per heavy atom. The molecule has 0 saturated carbocycles. The van der Waals surface area contributed by atoms with Gasteiger partial charge in [-0.2, -0.15) is 11.8 Å². The SMILES string of the molecule is BrC(Cc1ccccc1)c1cc2c(s1)CCSC2. The Kier molecular flexibility index (Phi) is 4.12. The number of rotatable bonds is 3. The van der Waals surface area contributed by atoms with Gasteiger partial charge in [-0.05, 0) is 35.8 Å². The first kappa shape index (κ1) is 12.8. The quantitative estimate of drug-likeness (QED) is 0.691. The second-order valence-corrected chi connectivity index (χ2v) is 7.94. The van der Waals surface area contributed by atoms with Crippen LogP contribution in [0.5, 0.6) is 0 Å². The molecule has 0 nitrogen and oxygen atoms in total. The summed E-state index contributed by atoms with van der Waals surface area (Å²) >= 11 is 7.91. The second-order valence-electron chi connectivity index (χ2n) is 4.56. The molecule has 94 valence electrons. The summed E-state index contributed by atoms with van der Waals surface area (Å²) in [5.74, 6) is 2.50. The highest BCUT2D eigenvalue weighted by atomic mass is 79.9. The average Bonchev–Trinajstić information content (AvgIpc) is 2.84. The van der Waals surface area contributed by atoms with Crippen LogP contribution in [0.1, 0.15) is 25.7 Å². The second kappa shape index (κ2) is 5.81. The highest BCUT2D eigenvalue weighted by Gasteiger charge is 2.17. The van der Waals surface area contributed by atoms with Crippen LogP contribution < -0.4 is 0 Å². The Morgan fingerprint density at radius 1 is 1.22 bits per heavy atom. The van der Waals surface area contributed by atoms with Crippen LogP contribution in [0.25, 0.3) is 0 Å². The lowest BCUT2D eigenvalue weighted by molar-refractivity contribution is 0.968. The van der Waals surface area contributed by atoms with E-state index in [4.69, 9.17) is 0 Å². The van der Waals surface area contributed by atoms with Gasteiger partial charge in [0.1, 0.15) is 0 Å². The van der Waals surface area contributed by atoms with Crippen LogP contribution >= 0.6 is 39.0 Å². The number of hydrogen-bond acceptors (Lipinski definition) is 2. The number of thiophene rings is 1. The van der Waals surface area contributed by atoms with Gasteiger partial charge >= 0.3 is 0 Å². The number of aryl methyl sites for hydroxylation is 1. The minimum Gasteiger partial charge on any atom is -0.157 e. The molecule has 0 bridgehead atoms. The van der Waals surface area contributed by atoms with Crippen LogP contribution in [-0.4, -0.2) is 5.75 Å². The summed E-state index contributed by atoms with van der Waals surface area (Å²) in [5.41, 5.74) is 2.98.